The van der Waals surface area contributed by atoms with Gasteiger partial charge in [-0.3, -0.25) is 0 Å². The van der Waals surface area contributed by atoms with Gasteiger partial charge < -0.3 is 9.31 Å². The van der Waals surface area contributed by atoms with Crippen LogP contribution in [0.5, 0.6) is 0 Å². The van der Waals surface area contributed by atoms with E-state index in [9.17, 15) is 0 Å². The molecule has 0 amide bonds. The Morgan fingerprint density at radius 1 is 0.897 bits per heavy atom. The highest BCUT2D eigenvalue weighted by Crippen LogP contribution is 2.41. The van der Waals surface area contributed by atoms with Gasteiger partial charge in [-0.15, -0.1) is 11.5 Å². The van der Waals surface area contributed by atoms with E-state index in [2.05, 4.69) is 106 Å². The van der Waals surface area contributed by atoms with Gasteiger partial charge in [0, 0.05) is 6.42 Å². The average molecular weight is 412 g/mol. The third-order valence-electron chi connectivity index (χ3n) is 7.26. The lowest BCUT2D eigenvalue weighted by Crippen LogP contribution is -2.43. The van der Waals surface area contributed by atoms with Crippen LogP contribution in [0, 0.1) is 18.4 Å². The molecule has 2 rings (SSSR count). The molecule has 4 heteroatoms. The van der Waals surface area contributed by atoms with Crippen LogP contribution >= 0.6 is 0 Å². The predicted molar refractivity (Wildman–Crippen MR) is 129 cm³/mol. The Hall–Kier alpha value is -1.02. The molecular formula is C25H41BO2Si. The molecule has 0 spiro atoms. The summed E-state index contributed by atoms with van der Waals surface area (Å²) < 4.78 is 12.7. The van der Waals surface area contributed by atoms with Crippen molar-refractivity contribution in [2.45, 2.75) is 110 Å². The third-order valence-corrected chi connectivity index (χ3v) is 13.6. The van der Waals surface area contributed by atoms with E-state index in [-0.39, 0.29) is 18.3 Å². The number of aryl methyl sites for hydroxylation is 1. The van der Waals surface area contributed by atoms with Crippen molar-refractivity contribution in [1.29, 1.82) is 0 Å². The molecule has 29 heavy (non-hydrogen) atoms. The summed E-state index contributed by atoms with van der Waals surface area (Å²) in [5.74, 6) is 3.61. The van der Waals surface area contributed by atoms with Crippen molar-refractivity contribution in [3.05, 3.63) is 29.3 Å². The fourth-order valence-corrected chi connectivity index (χ4v) is 10.1. The van der Waals surface area contributed by atoms with E-state index in [0.717, 1.165) is 11.9 Å². The van der Waals surface area contributed by atoms with Gasteiger partial charge in [-0.25, -0.2) is 0 Å². The molecule has 1 aliphatic rings. The first-order chi connectivity index (χ1) is 13.2. The van der Waals surface area contributed by atoms with Gasteiger partial charge in [0.05, 0.1) is 11.2 Å². The molecule has 0 radical (unpaired) electrons. The van der Waals surface area contributed by atoms with Crippen molar-refractivity contribution in [2.75, 3.05) is 0 Å². The first-order valence-corrected chi connectivity index (χ1v) is 13.4. The second-order valence-electron chi connectivity index (χ2n) is 10.7. The van der Waals surface area contributed by atoms with E-state index in [1.54, 1.807) is 0 Å². The normalized spacial score (nSPS) is 18.5. The summed E-state index contributed by atoms with van der Waals surface area (Å²) in [7, 11) is -2.05. The van der Waals surface area contributed by atoms with Crippen molar-refractivity contribution < 1.29 is 9.31 Å². The molecule has 0 aromatic heterocycles. The van der Waals surface area contributed by atoms with E-state index in [1.807, 2.05) is 0 Å². The summed E-state index contributed by atoms with van der Waals surface area (Å²) >= 11 is 0. The Labute approximate surface area is 181 Å². The van der Waals surface area contributed by atoms with E-state index in [4.69, 9.17) is 9.31 Å². The minimum absolute atomic E-state index is 0.334. The van der Waals surface area contributed by atoms with Gasteiger partial charge in [0.2, 0.25) is 0 Å². The van der Waals surface area contributed by atoms with Crippen LogP contribution in [0.25, 0.3) is 0 Å². The summed E-state index contributed by atoms with van der Waals surface area (Å²) in [6.45, 7) is 24.7. The highest BCUT2D eigenvalue weighted by molar-refractivity contribution is 6.90. The van der Waals surface area contributed by atoms with Gasteiger partial charge in [0.1, 0.15) is 8.07 Å². The van der Waals surface area contributed by atoms with Crippen LogP contribution in [0.2, 0.25) is 16.6 Å². The van der Waals surface area contributed by atoms with Gasteiger partial charge in [0.15, 0.2) is 0 Å². The molecule has 1 aromatic rings. The third kappa shape index (κ3) is 4.68. The molecule has 1 fully saturated rings. The van der Waals surface area contributed by atoms with Gasteiger partial charge in [-0.05, 0) is 62.3 Å². The van der Waals surface area contributed by atoms with Crippen molar-refractivity contribution in [1.82, 2.24) is 0 Å². The van der Waals surface area contributed by atoms with Crippen LogP contribution < -0.4 is 5.46 Å². The molecule has 0 N–H and O–H groups in total. The zero-order chi connectivity index (χ0) is 22.2. The van der Waals surface area contributed by atoms with Crippen LogP contribution in [0.15, 0.2) is 18.2 Å². The molecule has 0 aliphatic carbocycles. The second-order valence-corrected chi connectivity index (χ2v) is 16.2. The van der Waals surface area contributed by atoms with E-state index >= 15 is 0 Å². The van der Waals surface area contributed by atoms with Gasteiger partial charge in [-0.1, -0.05) is 65.3 Å². The lowest BCUT2D eigenvalue weighted by atomic mass is 9.74. The van der Waals surface area contributed by atoms with Crippen molar-refractivity contribution in [3.63, 3.8) is 0 Å². The Kier molecular flexibility index (Phi) is 7.20. The molecule has 0 bridgehead atoms. The standard InChI is InChI=1S/C25H41BO2Si/c1-18(2)29(19(3)4,20(5)6)16-12-13-22-15-14-21(7)17-23(22)26-27-24(8,9)25(10,11)28-26/h14-15,17-20H,13H2,1-11H3. The Balaban J connectivity index is 2.39. The second kappa shape index (κ2) is 8.61. The quantitative estimate of drug-likeness (QED) is 0.432. The molecule has 0 atom stereocenters. The SMILES string of the molecule is Cc1ccc(CC#C[Si](C(C)C)(C(C)C)C(C)C)c(B2OC(C)(C)C(C)(C)O2)c1. The maximum Gasteiger partial charge on any atom is 0.495 e. The number of rotatable bonds is 5. The molecule has 1 aliphatic heterocycles. The topological polar surface area (TPSA) is 18.5 Å². The Bertz CT molecular complexity index is 746. The number of hydrogen-bond acceptors (Lipinski definition) is 2. The van der Waals surface area contributed by atoms with E-state index in [1.165, 1.54) is 11.1 Å². The highest BCUT2D eigenvalue weighted by atomic mass is 28.3. The van der Waals surface area contributed by atoms with E-state index < -0.39 is 8.07 Å². The minimum Gasteiger partial charge on any atom is -0.399 e. The zero-order valence-electron chi connectivity index (χ0n) is 20.6. The maximum absolute atomic E-state index is 6.35. The summed E-state index contributed by atoms with van der Waals surface area (Å²) in [5.41, 5.74) is 8.71. The van der Waals surface area contributed by atoms with Crippen molar-refractivity contribution in [3.8, 4) is 11.5 Å². The summed E-state index contributed by atoms with van der Waals surface area (Å²) in [6.07, 6.45) is 0.751. The Morgan fingerprint density at radius 3 is 1.83 bits per heavy atom. The molecule has 1 heterocycles. The molecule has 160 valence electrons. The molecule has 1 aromatic carbocycles. The van der Waals surface area contributed by atoms with Crippen molar-refractivity contribution >= 4 is 20.7 Å². The fraction of sp³-hybridized carbons (Fsp3) is 0.680. The first-order valence-electron chi connectivity index (χ1n) is 11.2. The summed E-state index contributed by atoms with van der Waals surface area (Å²) in [6, 6.07) is 6.58. The van der Waals surface area contributed by atoms with Gasteiger partial charge in [0.25, 0.3) is 0 Å². The fourth-order valence-electron chi connectivity index (χ4n) is 4.79. The highest BCUT2D eigenvalue weighted by Gasteiger charge is 2.52. The largest absolute Gasteiger partial charge is 0.495 e. The zero-order valence-corrected chi connectivity index (χ0v) is 21.6. The Morgan fingerprint density at radius 2 is 1.38 bits per heavy atom. The van der Waals surface area contributed by atoms with Crippen LogP contribution in [0.4, 0.5) is 0 Å². The van der Waals surface area contributed by atoms with Crippen LogP contribution in [-0.4, -0.2) is 26.4 Å². The van der Waals surface area contributed by atoms with Gasteiger partial charge in [-0.2, -0.15) is 0 Å². The average Bonchev–Trinajstić information content (AvgIpc) is 2.79. The number of hydrogen-bond donors (Lipinski definition) is 0. The maximum atomic E-state index is 6.35. The molecule has 1 saturated heterocycles. The van der Waals surface area contributed by atoms with Gasteiger partial charge >= 0.3 is 7.12 Å². The van der Waals surface area contributed by atoms with E-state index in [0.29, 0.717) is 16.6 Å². The van der Waals surface area contributed by atoms with Crippen LogP contribution in [0.1, 0.15) is 80.4 Å². The molecule has 0 unspecified atom stereocenters. The predicted octanol–water partition coefficient (Wildman–Crippen LogP) is 6.06. The lowest BCUT2D eigenvalue weighted by Gasteiger charge is -2.38. The number of benzene rings is 1. The lowest BCUT2D eigenvalue weighted by molar-refractivity contribution is 0.00578. The smallest absolute Gasteiger partial charge is 0.399 e. The summed E-state index contributed by atoms with van der Waals surface area (Å²) in [4.78, 5) is 0. The first kappa shape index (κ1) is 24.3. The monoisotopic (exact) mass is 412 g/mol. The van der Waals surface area contributed by atoms with Crippen LogP contribution in [0.3, 0.4) is 0 Å². The summed E-state index contributed by atoms with van der Waals surface area (Å²) in [5, 5.41) is 0. The molecule has 2 nitrogen and oxygen atoms in total. The molecule has 0 saturated carbocycles. The van der Waals surface area contributed by atoms with Crippen molar-refractivity contribution in [2.24, 2.45) is 0 Å². The van der Waals surface area contributed by atoms with Crippen LogP contribution in [-0.2, 0) is 15.7 Å². The minimum atomic E-state index is -1.71. The molecular weight excluding hydrogens is 371 g/mol.